The average Bonchev–Trinajstić information content (AvgIpc) is 3.04. The lowest BCUT2D eigenvalue weighted by molar-refractivity contribution is -0.156. The fourth-order valence-corrected chi connectivity index (χ4v) is 2.44. The van der Waals surface area contributed by atoms with E-state index in [1.54, 1.807) is 0 Å². The lowest BCUT2D eigenvalue weighted by Crippen LogP contribution is -2.31. The molecule has 0 N–H and O–H groups in total. The van der Waals surface area contributed by atoms with Crippen LogP contribution in [0.25, 0.3) is 0 Å². The van der Waals surface area contributed by atoms with Crippen molar-refractivity contribution >= 4 is 27.5 Å². The second-order valence-electron chi connectivity index (χ2n) is 3.99. The fraction of sp³-hybridized carbons (Fsp3) is 0.538. The molecular weight excluding hydrogens is 319 g/mol. The lowest BCUT2D eigenvalue weighted by Gasteiger charge is -2.19. The van der Waals surface area contributed by atoms with E-state index in [4.69, 9.17) is 25.8 Å². The van der Waals surface area contributed by atoms with Gasteiger partial charge in [-0.05, 0) is 31.5 Å². The number of hydrogen-bond donors (Lipinski definition) is 0. The van der Waals surface area contributed by atoms with Crippen molar-refractivity contribution in [3.63, 3.8) is 0 Å². The van der Waals surface area contributed by atoms with E-state index in [0.717, 1.165) is 10.0 Å². The molecule has 3 nitrogen and oxygen atoms in total. The first-order valence-electron chi connectivity index (χ1n) is 5.97. The van der Waals surface area contributed by atoms with Crippen LogP contribution in [-0.2, 0) is 14.2 Å². The van der Waals surface area contributed by atoms with E-state index in [0.29, 0.717) is 13.2 Å². The van der Waals surface area contributed by atoms with E-state index in [1.165, 1.54) is 0 Å². The van der Waals surface area contributed by atoms with Crippen molar-refractivity contribution in [2.45, 2.75) is 31.3 Å². The minimum Gasteiger partial charge on any atom is -0.349 e. The maximum atomic E-state index is 6.42. The first-order valence-corrected chi connectivity index (χ1v) is 7.14. The summed E-state index contributed by atoms with van der Waals surface area (Å²) in [6.07, 6.45) is -0.724. The second-order valence-corrected chi connectivity index (χ2v) is 5.50. The molecule has 2 unspecified atom stereocenters. The number of alkyl halides is 1. The summed E-state index contributed by atoms with van der Waals surface area (Å²) in [5, 5.41) is -0.903. The summed E-state index contributed by atoms with van der Waals surface area (Å²) in [6, 6.07) is 7.89. The number of rotatable bonds is 6. The summed E-state index contributed by atoms with van der Waals surface area (Å²) in [6.45, 7) is 4.89. The molecule has 1 aromatic carbocycles. The van der Waals surface area contributed by atoms with Crippen LogP contribution in [0.4, 0.5) is 0 Å². The third-order valence-corrected chi connectivity index (χ3v) is 3.72. The number of halogens is 2. The molecule has 0 bridgehead atoms. The smallest absolute Gasteiger partial charge is 0.223 e. The quantitative estimate of drug-likeness (QED) is 0.449. The molecule has 0 spiro atoms. The van der Waals surface area contributed by atoms with Crippen molar-refractivity contribution < 1.29 is 14.2 Å². The third kappa shape index (κ3) is 2.89. The zero-order chi connectivity index (χ0) is 13.2. The van der Waals surface area contributed by atoms with Crippen LogP contribution in [0.15, 0.2) is 28.7 Å². The Kier molecular flexibility index (Phi) is 4.67. The van der Waals surface area contributed by atoms with Crippen molar-refractivity contribution in [3.05, 3.63) is 34.3 Å². The van der Waals surface area contributed by atoms with E-state index < -0.39 is 11.4 Å². The Hall–Kier alpha value is -0.130. The van der Waals surface area contributed by atoms with Crippen LogP contribution in [0.3, 0.4) is 0 Å². The van der Waals surface area contributed by atoms with Gasteiger partial charge >= 0.3 is 0 Å². The fourth-order valence-electron chi connectivity index (χ4n) is 1.84. The van der Waals surface area contributed by atoms with Crippen LogP contribution < -0.4 is 0 Å². The third-order valence-electron chi connectivity index (χ3n) is 2.73. The molecule has 18 heavy (non-hydrogen) atoms. The normalized spacial score (nSPS) is 26.6. The van der Waals surface area contributed by atoms with Crippen molar-refractivity contribution in [1.29, 1.82) is 0 Å². The maximum Gasteiger partial charge on any atom is 0.223 e. The molecule has 5 heteroatoms. The summed E-state index contributed by atoms with van der Waals surface area (Å²) >= 11 is 9.82. The molecule has 2 atom stereocenters. The predicted octanol–water partition coefficient (Wildman–Crippen LogP) is 3.85. The van der Waals surface area contributed by atoms with Gasteiger partial charge in [-0.2, -0.15) is 0 Å². The van der Waals surface area contributed by atoms with Gasteiger partial charge in [0.25, 0.3) is 0 Å². The summed E-state index contributed by atoms with van der Waals surface area (Å²) in [7, 11) is 0. The molecule has 0 aliphatic carbocycles. The van der Waals surface area contributed by atoms with Crippen LogP contribution in [0, 0.1) is 0 Å². The average molecular weight is 336 g/mol. The maximum absolute atomic E-state index is 6.42. The molecule has 0 aromatic heterocycles. The van der Waals surface area contributed by atoms with Crippen LogP contribution in [0.2, 0.25) is 0 Å². The molecule has 100 valence electrons. The van der Waals surface area contributed by atoms with Gasteiger partial charge in [-0.1, -0.05) is 39.7 Å². The first-order chi connectivity index (χ1) is 8.61. The molecule has 0 radical (unpaired) electrons. The predicted molar refractivity (Wildman–Crippen MR) is 73.6 cm³/mol. The number of ether oxygens (including phenoxy) is 3. The van der Waals surface area contributed by atoms with Crippen molar-refractivity contribution in [2.24, 2.45) is 0 Å². The van der Waals surface area contributed by atoms with Crippen LogP contribution in [-0.4, -0.2) is 24.6 Å². The largest absolute Gasteiger partial charge is 0.349 e. The molecule has 1 heterocycles. The first kappa shape index (κ1) is 14.3. The Labute approximate surface area is 120 Å². The molecule has 1 fully saturated rings. The van der Waals surface area contributed by atoms with Gasteiger partial charge in [0.15, 0.2) is 0 Å². The standard InChI is InChI=1S/C13H16BrClO3/c1-3-16-12(17-4-2)13(15)11(18-13)9-5-7-10(14)8-6-9/h5-8,11-12H,3-4H2,1-2H3. The molecule has 1 saturated heterocycles. The van der Waals surface area contributed by atoms with Gasteiger partial charge in [0, 0.05) is 17.7 Å². The molecule has 0 saturated carbocycles. The van der Waals surface area contributed by atoms with E-state index in [-0.39, 0.29) is 6.10 Å². The highest BCUT2D eigenvalue weighted by Crippen LogP contribution is 2.56. The Morgan fingerprint density at radius 3 is 2.33 bits per heavy atom. The lowest BCUT2D eigenvalue weighted by atomic mass is 10.1. The highest BCUT2D eigenvalue weighted by Gasteiger charge is 2.63. The molecule has 1 aliphatic heterocycles. The van der Waals surface area contributed by atoms with Crippen LogP contribution in [0.1, 0.15) is 25.5 Å². The minimum absolute atomic E-state index is 0.185. The molecule has 1 aromatic rings. The van der Waals surface area contributed by atoms with Gasteiger partial charge in [-0.15, -0.1) is 0 Å². The van der Waals surface area contributed by atoms with Crippen LogP contribution in [0.5, 0.6) is 0 Å². The summed E-state index contributed by atoms with van der Waals surface area (Å²) < 4.78 is 17.6. The van der Waals surface area contributed by atoms with Gasteiger partial charge in [-0.3, -0.25) is 0 Å². The number of benzene rings is 1. The topological polar surface area (TPSA) is 31.0 Å². The minimum atomic E-state index is -0.903. The highest BCUT2D eigenvalue weighted by molar-refractivity contribution is 9.10. The Bertz CT molecular complexity index is 392. The summed E-state index contributed by atoms with van der Waals surface area (Å²) in [5.41, 5.74) is 1.03. The van der Waals surface area contributed by atoms with Gasteiger partial charge < -0.3 is 14.2 Å². The van der Waals surface area contributed by atoms with Crippen molar-refractivity contribution in [2.75, 3.05) is 13.2 Å². The zero-order valence-corrected chi connectivity index (χ0v) is 12.7. The van der Waals surface area contributed by atoms with E-state index >= 15 is 0 Å². The second kappa shape index (κ2) is 5.88. The number of hydrogen-bond acceptors (Lipinski definition) is 3. The molecule has 0 amide bonds. The van der Waals surface area contributed by atoms with Crippen LogP contribution >= 0.6 is 27.5 Å². The summed E-state index contributed by atoms with van der Waals surface area (Å²) in [5.74, 6) is 0. The van der Waals surface area contributed by atoms with E-state index in [1.807, 2.05) is 38.1 Å². The number of epoxide rings is 1. The molecule has 1 aliphatic rings. The summed E-state index contributed by atoms with van der Waals surface area (Å²) in [4.78, 5) is 0. The van der Waals surface area contributed by atoms with Gasteiger partial charge in [0.2, 0.25) is 11.4 Å². The Morgan fingerprint density at radius 1 is 1.28 bits per heavy atom. The highest BCUT2D eigenvalue weighted by atomic mass is 79.9. The molecular formula is C13H16BrClO3. The molecule has 2 rings (SSSR count). The Balaban J connectivity index is 2.08. The van der Waals surface area contributed by atoms with E-state index in [2.05, 4.69) is 15.9 Å². The van der Waals surface area contributed by atoms with Gasteiger partial charge in [0.05, 0.1) is 0 Å². The van der Waals surface area contributed by atoms with E-state index in [9.17, 15) is 0 Å². The van der Waals surface area contributed by atoms with Gasteiger partial charge in [-0.25, -0.2) is 0 Å². The SMILES string of the molecule is CCOC(OCC)C1(Cl)OC1c1ccc(Br)cc1. The van der Waals surface area contributed by atoms with Crippen molar-refractivity contribution in [3.8, 4) is 0 Å². The zero-order valence-electron chi connectivity index (χ0n) is 10.4. The monoisotopic (exact) mass is 334 g/mol. The van der Waals surface area contributed by atoms with Gasteiger partial charge in [0.1, 0.15) is 6.10 Å². The van der Waals surface area contributed by atoms with Crippen molar-refractivity contribution in [1.82, 2.24) is 0 Å². The Morgan fingerprint density at radius 2 is 1.83 bits per heavy atom.